The first kappa shape index (κ1) is 13.7. The Labute approximate surface area is 117 Å². The van der Waals surface area contributed by atoms with Gasteiger partial charge in [-0.1, -0.05) is 21.1 Å². The molecular formula is C13H11BrFNO3. The van der Waals surface area contributed by atoms with Crippen molar-refractivity contribution in [3.8, 4) is 0 Å². The fourth-order valence-corrected chi connectivity index (χ4v) is 1.94. The number of benzene rings is 1. The van der Waals surface area contributed by atoms with Gasteiger partial charge in [-0.2, -0.15) is 0 Å². The SMILES string of the molecule is Cc1noc(C)c1COC(=O)c1cc(Br)ccc1F. The van der Waals surface area contributed by atoms with Crippen molar-refractivity contribution < 1.29 is 18.4 Å². The van der Waals surface area contributed by atoms with Crippen molar-refractivity contribution in [3.63, 3.8) is 0 Å². The van der Waals surface area contributed by atoms with Crippen LogP contribution in [0, 0.1) is 19.7 Å². The number of esters is 1. The molecule has 6 heteroatoms. The van der Waals surface area contributed by atoms with E-state index in [1.54, 1.807) is 13.8 Å². The monoisotopic (exact) mass is 327 g/mol. The Balaban J connectivity index is 2.12. The number of hydrogen-bond donors (Lipinski definition) is 0. The van der Waals surface area contributed by atoms with E-state index < -0.39 is 11.8 Å². The number of carbonyl (C=O) groups is 1. The average Bonchev–Trinajstić information content (AvgIpc) is 2.69. The molecule has 1 heterocycles. The molecule has 0 atom stereocenters. The van der Waals surface area contributed by atoms with Crippen molar-refractivity contribution in [2.24, 2.45) is 0 Å². The highest BCUT2D eigenvalue weighted by molar-refractivity contribution is 9.10. The molecule has 0 aliphatic carbocycles. The minimum Gasteiger partial charge on any atom is -0.457 e. The van der Waals surface area contributed by atoms with E-state index in [2.05, 4.69) is 21.1 Å². The van der Waals surface area contributed by atoms with Gasteiger partial charge in [-0.25, -0.2) is 9.18 Å². The summed E-state index contributed by atoms with van der Waals surface area (Å²) in [6.07, 6.45) is 0. The molecule has 100 valence electrons. The van der Waals surface area contributed by atoms with E-state index >= 15 is 0 Å². The Bertz CT molecular complexity index is 605. The van der Waals surface area contributed by atoms with Crippen LogP contribution in [0.3, 0.4) is 0 Å². The molecule has 0 amide bonds. The van der Waals surface area contributed by atoms with Gasteiger partial charge in [0.15, 0.2) is 0 Å². The van der Waals surface area contributed by atoms with Gasteiger partial charge < -0.3 is 9.26 Å². The van der Waals surface area contributed by atoms with Crippen molar-refractivity contribution >= 4 is 21.9 Å². The molecule has 0 spiro atoms. The lowest BCUT2D eigenvalue weighted by atomic mass is 10.2. The number of halogens is 2. The van der Waals surface area contributed by atoms with Gasteiger partial charge in [0, 0.05) is 4.47 Å². The lowest BCUT2D eigenvalue weighted by molar-refractivity contribution is 0.0465. The van der Waals surface area contributed by atoms with Crippen LogP contribution in [0.4, 0.5) is 4.39 Å². The van der Waals surface area contributed by atoms with Gasteiger partial charge in [-0.05, 0) is 32.0 Å². The van der Waals surface area contributed by atoms with E-state index in [4.69, 9.17) is 9.26 Å². The summed E-state index contributed by atoms with van der Waals surface area (Å²) in [5, 5.41) is 3.75. The quantitative estimate of drug-likeness (QED) is 0.809. The molecule has 0 fully saturated rings. The van der Waals surface area contributed by atoms with Crippen molar-refractivity contribution in [2.45, 2.75) is 20.5 Å². The second-order valence-electron chi connectivity index (χ2n) is 4.00. The third-order valence-corrected chi connectivity index (χ3v) is 3.17. The van der Waals surface area contributed by atoms with Gasteiger partial charge in [-0.3, -0.25) is 0 Å². The summed E-state index contributed by atoms with van der Waals surface area (Å²) >= 11 is 3.18. The fraction of sp³-hybridized carbons (Fsp3) is 0.231. The minimum absolute atomic E-state index is 0.00591. The number of hydrogen-bond acceptors (Lipinski definition) is 4. The lowest BCUT2D eigenvalue weighted by Gasteiger charge is -2.05. The molecule has 19 heavy (non-hydrogen) atoms. The normalized spacial score (nSPS) is 10.5. The maximum atomic E-state index is 13.5. The molecule has 0 aliphatic heterocycles. The van der Waals surface area contributed by atoms with Crippen LogP contribution in [-0.2, 0) is 11.3 Å². The van der Waals surface area contributed by atoms with E-state index in [0.717, 1.165) is 0 Å². The number of ether oxygens (including phenoxy) is 1. The molecule has 0 N–H and O–H groups in total. The maximum absolute atomic E-state index is 13.5. The summed E-state index contributed by atoms with van der Waals surface area (Å²) in [7, 11) is 0. The number of nitrogens with zero attached hydrogens (tertiary/aromatic N) is 1. The number of rotatable bonds is 3. The zero-order valence-corrected chi connectivity index (χ0v) is 12.0. The van der Waals surface area contributed by atoms with Crippen molar-refractivity contribution in [1.82, 2.24) is 5.16 Å². The van der Waals surface area contributed by atoms with Gasteiger partial charge >= 0.3 is 5.97 Å². The highest BCUT2D eigenvalue weighted by Crippen LogP contribution is 2.18. The van der Waals surface area contributed by atoms with E-state index in [-0.39, 0.29) is 12.2 Å². The maximum Gasteiger partial charge on any atom is 0.341 e. The van der Waals surface area contributed by atoms with Crippen LogP contribution in [0.25, 0.3) is 0 Å². The molecule has 0 aliphatic rings. The summed E-state index contributed by atoms with van der Waals surface area (Å²) in [4.78, 5) is 11.8. The first-order valence-electron chi connectivity index (χ1n) is 5.53. The van der Waals surface area contributed by atoms with E-state index in [1.165, 1.54) is 18.2 Å². The summed E-state index contributed by atoms with van der Waals surface area (Å²) in [6, 6.07) is 4.10. The average molecular weight is 328 g/mol. The standard InChI is InChI=1S/C13H11BrFNO3/c1-7-11(8(2)19-16-7)6-18-13(17)10-5-9(14)3-4-12(10)15/h3-5H,6H2,1-2H3. The first-order valence-corrected chi connectivity index (χ1v) is 6.32. The summed E-state index contributed by atoms with van der Waals surface area (Å²) in [5.41, 5.74) is 1.24. The van der Waals surface area contributed by atoms with E-state index in [0.29, 0.717) is 21.5 Å². The van der Waals surface area contributed by atoms with E-state index in [9.17, 15) is 9.18 Å². The molecule has 2 aromatic rings. The van der Waals surface area contributed by atoms with Gasteiger partial charge in [0.05, 0.1) is 16.8 Å². The number of aryl methyl sites for hydroxylation is 2. The molecule has 1 aromatic carbocycles. The fourth-order valence-electron chi connectivity index (χ4n) is 1.58. The third-order valence-electron chi connectivity index (χ3n) is 2.68. The first-order chi connectivity index (χ1) is 8.99. The van der Waals surface area contributed by atoms with Crippen LogP contribution in [0.15, 0.2) is 27.2 Å². The van der Waals surface area contributed by atoms with Gasteiger partial charge in [0.25, 0.3) is 0 Å². The van der Waals surface area contributed by atoms with Gasteiger partial charge in [0.2, 0.25) is 0 Å². The Morgan fingerprint density at radius 2 is 2.21 bits per heavy atom. The number of carbonyl (C=O) groups excluding carboxylic acids is 1. The Kier molecular flexibility index (Phi) is 3.99. The molecule has 0 bridgehead atoms. The van der Waals surface area contributed by atoms with Crippen molar-refractivity contribution in [3.05, 3.63) is 51.1 Å². The molecule has 1 aromatic heterocycles. The summed E-state index contributed by atoms with van der Waals surface area (Å²) in [5.74, 6) is -0.759. The van der Waals surface area contributed by atoms with Crippen LogP contribution >= 0.6 is 15.9 Å². The second kappa shape index (κ2) is 5.52. The van der Waals surface area contributed by atoms with E-state index in [1.807, 2.05) is 0 Å². The predicted molar refractivity (Wildman–Crippen MR) is 69.2 cm³/mol. The van der Waals surface area contributed by atoms with Gasteiger partial charge in [0.1, 0.15) is 18.2 Å². The van der Waals surface area contributed by atoms with Crippen LogP contribution in [0.1, 0.15) is 27.4 Å². The Morgan fingerprint density at radius 1 is 1.47 bits per heavy atom. The summed E-state index contributed by atoms with van der Waals surface area (Å²) in [6.45, 7) is 3.48. The molecule has 2 rings (SSSR count). The van der Waals surface area contributed by atoms with Crippen LogP contribution < -0.4 is 0 Å². The highest BCUT2D eigenvalue weighted by atomic mass is 79.9. The predicted octanol–water partition coefficient (Wildman–Crippen LogP) is 3.55. The Morgan fingerprint density at radius 3 is 2.84 bits per heavy atom. The van der Waals surface area contributed by atoms with Crippen LogP contribution in [-0.4, -0.2) is 11.1 Å². The zero-order valence-electron chi connectivity index (χ0n) is 10.4. The van der Waals surface area contributed by atoms with Crippen molar-refractivity contribution in [1.29, 1.82) is 0 Å². The van der Waals surface area contributed by atoms with Gasteiger partial charge in [-0.15, -0.1) is 0 Å². The van der Waals surface area contributed by atoms with Crippen LogP contribution in [0.2, 0.25) is 0 Å². The smallest absolute Gasteiger partial charge is 0.341 e. The number of aromatic nitrogens is 1. The highest BCUT2D eigenvalue weighted by Gasteiger charge is 2.16. The second-order valence-corrected chi connectivity index (χ2v) is 4.92. The van der Waals surface area contributed by atoms with Crippen molar-refractivity contribution in [2.75, 3.05) is 0 Å². The molecular weight excluding hydrogens is 317 g/mol. The topological polar surface area (TPSA) is 52.3 Å². The minimum atomic E-state index is -0.723. The molecule has 4 nitrogen and oxygen atoms in total. The summed E-state index contributed by atoms with van der Waals surface area (Å²) < 4.78 is 24.1. The Hall–Kier alpha value is -1.69. The third kappa shape index (κ3) is 3.01. The van der Waals surface area contributed by atoms with Crippen LogP contribution in [0.5, 0.6) is 0 Å². The molecule has 0 unspecified atom stereocenters. The largest absolute Gasteiger partial charge is 0.457 e. The lowest BCUT2D eigenvalue weighted by Crippen LogP contribution is -2.08. The molecule has 0 saturated heterocycles. The molecule has 0 saturated carbocycles. The molecule has 0 radical (unpaired) electrons. The zero-order chi connectivity index (χ0) is 14.0.